The van der Waals surface area contributed by atoms with Crippen LogP contribution in [-0.2, 0) is 4.74 Å². The first-order valence-electron chi connectivity index (χ1n) is 11.7. The van der Waals surface area contributed by atoms with Crippen molar-refractivity contribution >= 4 is 17.3 Å². The van der Waals surface area contributed by atoms with E-state index < -0.39 is 5.97 Å². The molecule has 3 aromatic rings. The molecule has 0 heterocycles. The minimum absolute atomic E-state index is 0.0374. The molecule has 0 aliphatic heterocycles. The first-order valence-corrected chi connectivity index (χ1v) is 11.7. The molecule has 180 valence electrons. The predicted molar refractivity (Wildman–Crippen MR) is 138 cm³/mol. The van der Waals surface area contributed by atoms with Gasteiger partial charge in [-0.3, -0.25) is 4.79 Å². The van der Waals surface area contributed by atoms with Gasteiger partial charge in [-0.25, -0.2) is 9.18 Å². The Kier molecular flexibility index (Phi) is 8.57. The van der Waals surface area contributed by atoms with Crippen LogP contribution in [0.15, 0.2) is 90.2 Å². The summed E-state index contributed by atoms with van der Waals surface area (Å²) in [5, 5.41) is 0. The Labute approximate surface area is 207 Å². The second-order valence-corrected chi connectivity index (χ2v) is 9.51. The molecule has 0 atom stereocenters. The number of ether oxygens (including phenoxy) is 1. The third-order valence-corrected chi connectivity index (χ3v) is 5.82. The Bertz CT molecular complexity index is 1230. The molecule has 0 spiro atoms. The van der Waals surface area contributed by atoms with E-state index in [-0.39, 0.29) is 23.6 Å². The number of hydrogen-bond donors (Lipinski definition) is 0. The van der Waals surface area contributed by atoms with Gasteiger partial charge < -0.3 is 4.74 Å². The summed E-state index contributed by atoms with van der Waals surface area (Å²) in [6.45, 7) is 8.16. The molecule has 35 heavy (non-hydrogen) atoms. The smallest absolute Gasteiger partial charge is 0.338 e. The van der Waals surface area contributed by atoms with Gasteiger partial charge in [0.1, 0.15) is 5.82 Å². The molecule has 0 N–H and O–H groups in total. The maximum atomic E-state index is 13.1. The van der Waals surface area contributed by atoms with Crippen LogP contribution in [-0.4, -0.2) is 18.4 Å². The van der Waals surface area contributed by atoms with Crippen molar-refractivity contribution in [2.75, 3.05) is 6.61 Å². The van der Waals surface area contributed by atoms with Gasteiger partial charge in [0.2, 0.25) is 0 Å². The van der Waals surface area contributed by atoms with Gasteiger partial charge in [0, 0.05) is 11.1 Å². The second kappa shape index (κ2) is 11.6. The zero-order valence-corrected chi connectivity index (χ0v) is 20.7. The van der Waals surface area contributed by atoms with Gasteiger partial charge in [-0.15, -0.1) is 5.73 Å². The van der Waals surface area contributed by atoms with Crippen molar-refractivity contribution in [2.24, 2.45) is 5.41 Å². The van der Waals surface area contributed by atoms with Gasteiger partial charge in [-0.05, 0) is 73.1 Å². The van der Waals surface area contributed by atoms with E-state index in [2.05, 4.69) is 38.6 Å². The Morgan fingerprint density at radius 3 is 1.94 bits per heavy atom. The van der Waals surface area contributed by atoms with E-state index in [1.54, 1.807) is 6.92 Å². The molecule has 0 saturated carbocycles. The van der Waals surface area contributed by atoms with Crippen molar-refractivity contribution in [3.8, 4) is 0 Å². The fourth-order valence-electron chi connectivity index (χ4n) is 3.94. The summed E-state index contributed by atoms with van der Waals surface area (Å²) >= 11 is 0. The molecule has 0 fully saturated rings. The van der Waals surface area contributed by atoms with Crippen molar-refractivity contribution < 1.29 is 18.7 Å². The molecule has 0 saturated heterocycles. The number of carbonyl (C=O) groups excluding carboxylic acids is 2. The quantitative estimate of drug-likeness (QED) is 0.183. The van der Waals surface area contributed by atoms with E-state index in [4.69, 9.17) is 4.74 Å². The predicted octanol–water partition coefficient (Wildman–Crippen LogP) is 7.67. The summed E-state index contributed by atoms with van der Waals surface area (Å²) in [4.78, 5) is 23.9. The normalized spacial score (nSPS) is 10.9. The summed E-state index contributed by atoms with van der Waals surface area (Å²) in [5.41, 5.74) is 8.57. The van der Waals surface area contributed by atoms with Crippen molar-refractivity contribution in [3.63, 3.8) is 0 Å². The lowest BCUT2D eigenvalue weighted by molar-refractivity contribution is 0.0457. The molecule has 4 heteroatoms. The number of allylic oxidation sites excluding steroid dienone is 1. The highest BCUT2D eigenvalue weighted by Gasteiger charge is 2.20. The highest BCUT2D eigenvalue weighted by atomic mass is 19.1. The van der Waals surface area contributed by atoms with E-state index in [1.807, 2.05) is 42.5 Å². The third-order valence-electron chi connectivity index (χ3n) is 5.82. The topological polar surface area (TPSA) is 43.4 Å². The molecular formula is C31H31FO3. The van der Waals surface area contributed by atoms with Crippen molar-refractivity contribution in [1.29, 1.82) is 0 Å². The van der Waals surface area contributed by atoms with E-state index in [0.717, 1.165) is 28.7 Å². The van der Waals surface area contributed by atoms with Crippen molar-refractivity contribution in [3.05, 3.63) is 118 Å². The third kappa shape index (κ3) is 7.63. The second-order valence-electron chi connectivity index (χ2n) is 9.51. The number of carbonyl (C=O) groups is 2. The Morgan fingerprint density at radius 2 is 1.34 bits per heavy atom. The molecular weight excluding hydrogens is 439 g/mol. The Balaban J connectivity index is 1.76. The zero-order valence-electron chi connectivity index (χ0n) is 20.7. The van der Waals surface area contributed by atoms with Gasteiger partial charge in [-0.1, -0.05) is 68.4 Å². The van der Waals surface area contributed by atoms with Crippen LogP contribution in [0.4, 0.5) is 4.39 Å². The van der Waals surface area contributed by atoms with Crippen molar-refractivity contribution in [1.82, 2.24) is 0 Å². The van der Waals surface area contributed by atoms with Gasteiger partial charge in [0.15, 0.2) is 5.78 Å². The van der Waals surface area contributed by atoms with Gasteiger partial charge in [0.05, 0.1) is 12.2 Å². The van der Waals surface area contributed by atoms with E-state index in [9.17, 15) is 14.0 Å². The summed E-state index contributed by atoms with van der Waals surface area (Å²) in [7, 11) is 0. The van der Waals surface area contributed by atoms with Crippen LogP contribution in [0.5, 0.6) is 0 Å². The van der Waals surface area contributed by atoms with Crippen LogP contribution in [0, 0.1) is 11.2 Å². The van der Waals surface area contributed by atoms with Gasteiger partial charge in [-0.2, -0.15) is 0 Å². The molecule has 3 aromatic carbocycles. The lowest BCUT2D eigenvalue weighted by Gasteiger charge is -2.24. The van der Waals surface area contributed by atoms with Crippen LogP contribution in [0.3, 0.4) is 0 Å². The van der Waals surface area contributed by atoms with E-state index in [0.29, 0.717) is 17.5 Å². The zero-order chi connectivity index (χ0) is 25.4. The number of esters is 1. The Hall–Kier alpha value is -3.75. The minimum atomic E-state index is -0.451. The number of hydrogen-bond acceptors (Lipinski definition) is 3. The lowest BCUT2D eigenvalue weighted by atomic mass is 9.83. The van der Waals surface area contributed by atoms with Crippen LogP contribution in [0.25, 0.3) is 5.57 Å². The number of rotatable bonds is 9. The SMILES string of the molecule is CC(=O)c1ccc(C(=C=C(C)CC(C)(C)CCOC(=O)c2ccc(F)cc2)c2ccccc2)cc1. The Morgan fingerprint density at radius 1 is 0.800 bits per heavy atom. The van der Waals surface area contributed by atoms with Crippen LogP contribution in [0.2, 0.25) is 0 Å². The molecule has 0 amide bonds. The monoisotopic (exact) mass is 470 g/mol. The minimum Gasteiger partial charge on any atom is -0.462 e. The maximum absolute atomic E-state index is 13.1. The maximum Gasteiger partial charge on any atom is 0.338 e. The first-order chi connectivity index (χ1) is 16.6. The summed E-state index contributed by atoms with van der Waals surface area (Å²) in [5.74, 6) is -0.800. The highest BCUT2D eigenvalue weighted by molar-refractivity contribution is 5.94. The van der Waals surface area contributed by atoms with Crippen molar-refractivity contribution in [2.45, 2.75) is 40.5 Å². The molecule has 0 radical (unpaired) electrons. The fourth-order valence-corrected chi connectivity index (χ4v) is 3.94. The molecule has 0 bridgehead atoms. The van der Waals surface area contributed by atoms with Crippen LogP contribution < -0.4 is 0 Å². The number of benzene rings is 3. The summed E-state index contributed by atoms with van der Waals surface area (Å²) in [6.07, 6.45) is 1.44. The largest absolute Gasteiger partial charge is 0.462 e. The van der Waals surface area contributed by atoms with Gasteiger partial charge >= 0.3 is 5.97 Å². The summed E-state index contributed by atoms with van der Waals surface area (Å²) in [6, 6.07) is 23.0. The summed E-state index contributed by atoms with van der Waals surface area (Å²) < 4.78 is 18.5. The van der Waals surface area contributed by atoms with E-state index in [1.165, 1.54) is 24.3 Å². The molecule has 3 nitrogen and oxygen atoms in total. The molecule has 0 aliphatic carbocycles. The number of halogens is 1. The number of ketones is 1. The standard InChI is InChI=1S/C31H31FO3/c1-22(21-31(3,4)18-19-35-30(34)27-14-16-28(32)17-15-27)20-29(25-8-6-5-7-9-25)26-12-10-24(11-13-26)23(2)33/h5-17H,18-19,21H2,1-4H3. The molecule has 0 aliphatic rings. The average Bonchev–Trinajstić information content (AvgIpc) is 2.83. The lowest BCUT2D eigenvalue weighted by Crippen LogP contribution is -2.17. The van der Waals surface area contributed by atoms with Crippen LogP contribution in [0.1, 0.15) is 72.4 Å². The number of Topliss-reactive ketones (excluding diaryl/α,β-unsaturated/α-hetero) is 1. The highest BCUT2D eigenvalue weighted by Crippen LogP contribution is 2.30. The van der Waals surface area contributed by atoms with Gasteiger partial charge in [0.25, 0.3) is 0 Å². The fraction of sp³-hybridized carbons (Fsp3) is 0.258. The first kappa shape index (κ1) is 25.9. The molecule has 3 rings (SSSR count). The molecule has 0 aromatic heterocycles. The average molecular weight is 471 g/mol. The van der Waals surface area contributed by atoms with Crippen LogP contribution >= 0.6 is 0 Å². The molecule has 0 unspecified atom stereocenters. The van der Waals surface area contributed by atoms with E-state index >= 15 is 0 Å².